The quantitative estimate of drug-likeness (QED) is 0.542. The van der Waals surface area contributed by atoms with E-state index in [1.54, 1.807) is 12.0 Å². The van der Waals surface area contributed by atoms with Crippen molar-refractivity contribution < 1.29 is 28.6 Å². The Morgan fingerprint density at radius 2 is 2.16 bits per heavy atom. The molecule has 12 nitrogen and oxygen atoms in total. The summed E-state index contributed by atoms with van der Waals surface area (Å²) >= 11 is 0. The molecule has 2 fully saturated rings. The second-order valence-corrected chi connectivity index (χ2v) is 9.37. The van der Waals surface area contributed by atoms with Crippen LogP contribution >= 0.6 is 0 Å². The molecule has 198 valence electrons. The number of aryl methyl sites for hydroxylation is 1. The maximum Gasteiger partial charge on any atom is 0.328 e. The Kier molecular flexibility index (Phi) is 7.48. The predicted molar refractivity (Wildman–Crippen MR) is 134 cm³/mol. The molecule has 0 spiro atoms. The Morgan fingerprint density at radius 3 is 2.87 bits per heavy atom. The number of carbonyl (C=O) groups is 3. The Balaban J connectivity index is 1.34. The predicted octanol–water partition coefficient (Wildman–Crippen LogP) is 2.06. The van der Waals surface area contributed by atoms with E-state index in [4.69, 9.17) is 14.2 Å². The zero-order valence-corrected chi connectivity index (χ0v) is 21.0. The van der Waals surface area contributed by atoms with Crippen molar-refractivity contribution in [2.75, 3.05) is 43.6 Å². The number of anilines is 2. The molecule has 1 aliphatic carbocycles. The maximum atomic E-state index is 13.3. The van der Waals surface area contributed by atoms with E-state index in [0.717, 1.165) is 18.4 Å². The van der Waals surface area contributed by atoms with Gasteiger partial charge in [0.1, 0.15) is 47.4 Å². The molecular formula is C26H28N6O6. The van der Waals surface area contributed by atoms with Crippen LogP contribution < -0.4 is 15.0 Å². The fraction of sp³-hybridized carbons (Fsp3) is 0.462. The van der Waals surface area contributed by atoms with Crippen LogP contribution in [-0.4, -0.2) is 78.7 Å². The van der Waals surface area contributed by atoms with E-state index < -0.39 is 6.03 Å². The molecule has 12 heteroatoms. The largest absolute Gasteiger partial charge is 0.486 e. The lowest BCUT2D eigenvalue weighted by molar-refractivity contribution is -0.143. The fourth-order valence-electron chi connectivity index (χ4n) is 4.78. The molecule has 1 N–H and O–H groups in total. The molecule has 2 aliphatic heterocycles. The van der Waals surface area contributed by atoms with Crippen LogP contribution in [0.15, 0.2) is 18.3 Å². The fourth-order valence-corrected chi connectivity index (χ4v) is 4.78. The Hall–Kier alpha value is -4.08. The van der Waals surface area contributed by atoms with E-state index in [2.05, 4.69) is 21.4 Å². The first-order valence-corrected chi connectivity index (χ1v) is 12.5. The summed E-state index contributed by atoms with van der Waals surface area (Å²) in [4.78, 5) is 49.2. The van der Waals surface area contributed by atoms with E-state index in [1.165, 1.54) is 17.2 Å². The summed E-state index contributed by atoms with van der Waals surface area (Å²) in [5, 5.41) is 12.2. The smallest absolute Gasteiger partial charge is 0.328 e. The minimum Gasteiger partial charge on any atom is -0.486 e. The van der Waals surface area contributed by atoms with Crippen LogP contribution in [0.2, 0.25) is 0 Å². The summed E-state index contributed by atoms with van der Waals surface area (Å²) in [7, 11) is 1.62. The van der Waals surface area contributed by atoms with E-state index in [-0.39, 0.29) is 48.3 Å². The van der Waals surface area contributed by atoms with E-state index >= 15 is 0 Å². The highest BCUT2D eigenvalue weighted by Gasteiger charge is 2.34. The second kappa shape index (κ2) is 11.1. The molecule has 2 aromatic heterocycles. The van der Waals surface area contributed by atoms with Crippen molar-refractivity contribution >= 4 is 29.9 Å². The van der Waals surface area contributed by atoms with Gasteiger partial charge in [-0.05, 0) is 37.3 Å². The van der Waals surface area contributed by atoms with E-state index in [1.807, 2.05) is 6.07 Å². The number of amides is 3. The average Bonchev–Trinajstić information content (AvgIpc) is 2.92. The maximum absolute atomic E-state index is 13.3. The summed E-state index contributed by atoms with van der Waals surface area (Å²) in [6, 6.07) is 4.98. The summed E-state index contributed by atoms with van der Waals surface area (Å²) in [5.74, 6) is 0.810. The molecular weight excluding hydrogens is 492 g/mol. The lowest BCUT2D eigenvalue weighted by Gasteiger charge is -2.35. The van der Waals surface area contributed by atoms with Gasteiger partial charge in [-0.25, -0.2) is 14.8 Å². The number of rotatable bonds is 7. The molecule has 0 unspecified atom stereocenters. The van der Waals surface area contributed by atoms with Crippen LogP contribution in [0.4, 0.5) is 16.4 Å². The third-order valence-electron chi connectivity index (χ3n) is 7.03. The van der Waals surface area contributed by atoms with Crippen molar-refractivity contribution in [2.45, 2.75) is 44.4 Å². The third-order valence-corrected chi connectivity index (χ3v) is 7.03. The number of morpholine rings is 1. The standard InChI is InChI=1S/C26H28N6O6/c1-36-20-4-5-21(20)38-22-10-23(28-12-18(22)11-27)30-26(35)32-6-2-3-16-9-17(19(14-33)29-25(16)32)13-31-7-8-37-15-24(31)34/h9-10,12,14,20-21H,2-8,13,15H2,1H3,(H,28,30,35)/t20-,21+/m0/s1. The van der Waals surface area contributed by atoms with Gasteiger partial charge >= 0.3 is 6.03 Å². The first-order chi connectivity index (χ1) is 18.5. The molecule has 2 aromatic rings. The molecule has 38 heavy (non-hydrogen) atoms. The lowest BCUT2D eigenvalue weighted by Crippen LogP contribution is -2.43. The van der Waals surface area contributed by atoms with Gasteiger partial charge in [0.25, 0.3) is 0 Å². The summed E-state index contributed by atoms with van der Waals surface area (Å²) < 4.78 is 16.5. The molecule has 1 saturated carbocycles. The minimum absolute atomic E-state index is 0.0203. The lowest BCUT2D eigenvalue weighted by atomic mass is 9.92. The van der Waals surface area contributed by atoms with Crippen LogP contribution in [0.5, 0.6) is 5.75 Å². The van der Waals surface area contributed by atoms with Crippen molar-refractivity contribution in [2.24, 2.45) is 0 Å². The number of hydrogen-bond donors (Lipinski definition) is 1. The summed E-state index contributed by atoms with van der Waals surface area (Å²) in [6.07, 6.45) is 4.87. The van der Waals surface area contributed by atoms with Crippen LogP contribution in [0.3, 0.4) is 0 Å². The van der Waals surface area contributed by atoms with Crippen molar-refractivity contribution in [3.63, 3.8) is 0 Å². The SMILES string of the molecule is CO[C@H]1CC[C@H]1Oc1cc(NC(=O)N2CCCc3cc(CN4CCOCC4=O)c(C=O)nc32)ncc1C#N. The first-order valence-electron chi connectivity index (χ1n) is 12.5. The number of aldehydes is 1. The number of nitriles is 1. The van der Waals surface area contributed by atoms with Crippen LogP contribution in [-0.2, 0) is 27.2 Å². The number of ether oxygens (including phenoxy) is 3. The summed E-state index contributed by atoms with van der Waals surface area (Å²) in [5.41, 5.74) is 1.90. The monoisotopic (exact) mass is 520 g/mol. The first kappa shape index (κ1) is 25.6. The van der Waals surface area contributed by atoms with E-state index in [0.29, 0.717) is 56.0 Å². The number of hydrogen-bond acceptors (Lipinski definition) is 9. The van der Waals surface area contributed by atoms with Crippen LogP contribution in [0, 0.1) is 11.3 Å². The highest BCUT2D eigenvalue weighted by molar-refractivity contribution is 6.01. The second-order valence-electron chi connectivity index (χ2n) is 9.37. The number of nitrogens with zero attached hydrogens (tertiary/aromatic N) is 5. The number of aromatic nitrogens is 2. The molecule has 3 aliphatic rings. The normalized spacial score (nSPS) is 20.7. The van der Waals surface area contributed by atoms with Gasteiger partial charge in [-0.3, -0.25) is 19.8 Å². The topological polar surface area (TPSA) is 147 Å². The number of methoxy groups -OCH3 is 1. The van der Waals surface area contributed by atoms with Gasteiger partial charge in [0, 0.05) is 38.4 Å². The van der Waals surface area contributed by atoms with Crippen molar-refractivity contribution in [3.05, 3.63) is 40.7 Å². The van der Waals surface area contributed by atoms with Gasteiger partial charge in [0.2, 0.25) is 5.91 Å². The highest BCUT2D eigenvalue weighted by Crippen LogP contribution is 2.32. The molecule has 0 radical (unpaired) electrons. The molecule has 4 heterocycles. The van der Waals surface area contributed by atoms with Gasteiger partial charge < -0.3 is 19.1 Å². The van der Waals surface area contributed by atoms with Gasteiger partial charge in [-0.2, -0.15) is 5.26 Å². The number of carbonyl (C=O) groups excluding carboxylic acids is 3. The molecule has 1 saturated heterocycles. The molecule has 0 aromatic carbocycles. The van der Waals surface area contributed by atoms with Gasteiger partial charge in [0.15, 0.2) is 6.29 Å². The van der Waals surface area contributed by atoms with Crippen LogP contribution in [0.1, 0.15) is 46.4 Å². The summed E-state index contributed by atoms with van der Waals surface area (Å²) in [6.45, 7) is 1.57. The molecule has 2 atom stereocenters. The Labute approximate surface area is 219 Å². The Morgan fingerprint density at radius 1 is 1.32 bits per heavy atom. The molecule has 5 rings (SSSR count). The number of fused-ring (bicyclic) bond motifs is 1. The van der Waals surface area contributed by atoms with Crippen LogP contribution in [0.25, 0.3) is 0 Å². The van der Waals surface area contributed by atoms with Crippen molar-refractivity contribution in [1.29, 1.82) is 5.26 Å². The van der Waals surface area contributed by atoms with Crippen molar-refractivity contribution in [1.82, 2.24) is 14.9 Å². The molecule has 0 bridgehead atoms. The average molecular weight is 521 g/mol. The third kappa shape index (κ3) is 5.16. The number of nitrogens with one attached hydrogen (secondary N) is 1. The highest BCUT2D eigenvalue weighted by atomic mass is 16.5. The van der Waals surface area contributed by atoms with Crippen molar-refractivity contribution in [3.8, 4) is 11.8 Å². The van der Waals surface area contributed by atoms with Gasteiger partial charge in [-0.1, -0.05) is 0 Å². The zero-order valence-electron chi connectivity index (χ0n) is 21.0. The minimum atomic E-state index is -0.465. The Bertz CT molecular complexity index is 1290. The van der Waals surface area contributed by atoms with Gasteiger partial charge in [-0.15, -0.1) is 0 Å². The number of urea groups is 1. The van der Waals surface area contributed by atoms with E-state index in [9.17, 15) is 19.6 Å². The van der Waals surface area contributed by atoms with Gasteiger partial charge in [0.05, 0.1) is 18.9 Å². The zero-order chi connectivity index (χ0) is 26.6. The number of pyridine rings is 2. The molecule has 3 amide bonds.